The molecule has 6 nitrogen and oxygen atoms in total. The fourth-order valence-corrected chi connectivity index (χ4v) is 1.79. The van der Waals surface area contributed by atoms with Crippen molar-refractivity contribution in [2.24, 2.45) is 4.99 Å². The normalized spacial score (nSPS) is 11.9. The third-order valence-electron chi connectivity index (χ3n) is 2.74. The molecule has 0 aliphatic carbocycles. The number of nitrogens with one attached hydrogen (secondary N) is 2. The van der Waals surface area contributed by atoms with E-state index in [4.69, 9.17) is 11.6 Å². The lowest BCUT2D eigenvalue weighted by atomic mass is 10.2. The molecule has 10 heteroatoms. The molecular formula is C15H12ClF3N4O2. The van der Waals surface area contributed by atoms with Gasteiger partial charge in [0.25, 0.3) is 5.91 Å². The molecule has 2 aromatic rings. The molecule has 0 radical (unpaired) electrons. The maximum absolute atomic E-state index is 12.4. The average molecular weight is 373 g/mol. The van der Waals surface area contributed by atoms with Gasteiger partial charge in [0.1, 0.15) is 12.4 Å². The molecule has 0 bridgehead atoms. The first-order valence-corrected chi connectivity index (χ1v) is 7.23. The Morgan fingerprint density at radius 2 is 1.88 bits per heavy atom. The highest BCUT2D eigenvalue weighted by Crippen LogP contribution is 2.14. The van der Waals surface area contributed by atoms with Gasteiger partial charge in [0, 0.05) is 16.7 Å². The second-order valence-corrected chi connectivity index (χ2v) is 5.18. The minimum Gasteiger partial charge on any atom is -0.493 e. The number of rotatable bonds is 3. The number of alkyl halides is 3. The molecule has 0 saturated carbocycles. The number of hydrogen-bond donors (Lipinski definition) is 3. The van der Waals surface area contributed by atoms with E-state index in [0.717, 1.165) is 0 Å². The van der Waals surface area contributed by atoms with Crippen molar-refractivity contribution in [3.8, 4) is 5.88 Å². The summed E-state index contributed by atoms with van der Waals surface area (Å²) in [6.45, 7) is -1.41. The van der Waals surface area contributed by atoms with Crippen molar-refractivity contribution in [2.45, 2.75) is 6.18 Å². The summed E-state index contributed by atoms with van der Waals surface area (Å²) in [4.78, 5) is 19.3. The van der Waals surface area contributed by atoms with Crippen LogP contribution in [0.25, 0.3) is 0 Å². The van der Waals surface area contributed by atoms with Gasteiger partial charge in [-0.2, -0.15) is 23.1 Å². The van der Waals surface area contributed by atoms with Gasteiger partial charge < -0.3 is 15.7 Å². The molecule has 25 heavy (non-hydrogen) atoms. The first kappa shape index (κ1) is 18.5. The minimum absolute atomic E-state index is 0.0114. The van der Waals surface area contributed by atoms with Crippen LogP contribution < -0.4 is 10.6 Å². The van der Waals surface area contributed by atoms with E-state index < -0.39 is 24.6 Å². The van der Waals surface area contributed by atoms with E-state index in [1.165, 1.54) is 42.5 Å². The smallest absolute Gasteiger partial charge is 0.405 e. The molecule has 1 heterocycles. The molecule has 0 fully saturated rings. The fraction of sp³-hybridized carbons (Fsp3) is 0.133. The zero-order valence-electron chi connectivity index (χ0n) is 12.5. The van der Waals surface area contributed by atoms with Gasteiger partial charge in [-0.05, 0) is 30.3 Å². The lowest BCUT2D eigenvalue weighted by Gasteiger charge is -2.13. The predicted octanol–water partition coefficient (Wildman–Crippen LogP) is 3.20. The zero-order valence-corrected chi connectivity index (χ0v) is 13.3. The second-order valence-electron chi connectivity index (χ2n) is 4.75. The average Bonchev–Trinajstić information content (AvgIpc) is 2.52. The van der Waals surface area contributed by atoms with Crippen LogP contribution in [0.2, 0.25) is 5.02 Å². The van der Waals surface area contributed by atoms with Crippen LogP contribution in [0.4, 0.5) is 19.0 Å². The van der Waals surface area contributed by atoms with Crippen molar-refractivity contribution in [2.75, 3.05) is 11.9 Å². The number of anilines is 1. The van der Waals surface area contributed by atoms with E-state index in [9.17, 15) is 23.1 Å². The van der Waals surface area contributed by atoms with Crippen molar-refractivity contribution in [3.63, 3.8) is 0 Å². The van der Waals surface area contributed by atoms with Crippen LogP contribution in [0.1, 0.15) is 10.4 Å². The van der Waals surface area contributed by atoms with Crippen LogP contribution in [0.5, 0.6) is 5.88 Å². The number of aromatic hydroxyl groups is 1. The van der Waals surface area contributed by atoms with Crippen LogP contribution >= 0.6 is 11.6 Å². The van der Waals surface area contributed by atoms with E-state index in [1.807, 2.05) is 5.32 Å². The minimum atomic E-state index is -4.52. The summed E-state index contributed by atoms with van der Waals surface area (Å²) in [7, 11) is 0. The zero-order chi connectivity index (χ0) is 18.4. The Labute approximate surface area is 145 Å². The molecule has 0 saturated heterocycles. The Morgan fingerprint density at radius 3 is 2.48 bits per heavy atom. The Morgan fingerprint density at radius 1 is 1.20 bits per heavy atom. The van der Waals surface area contributed by atoms with Gasteiger partial charge in [-0.25, -0.2) is 0 Å². The molecule has 132 valence electrons. The second kappa shape index (κ2) is 7.84. The summed E-state index contributed by atoms with van der Waals surface area (Å²) in [6, 6.07) is 9.79. The molecular weight excluding hydrogens is 361 g/mol. The first-order valence-electron chi connectivity index (χ1n) is 6.85. The Hall–Kier alpha value is -2.81. The number of aromatic nitrogens is 1. The number of guanidine groups is 1. The van der Waals surface area contributed by atoms with E-state index >= 15 is 0 Å². The summed E-state index contributed by atoms with van der Waals surface area (Å²) in [5, 5.41) is 14.1. The number of halogens is 4. The molecule has 0 unspecified atom stereocenters. The van der Waals surface area contributed by atoms with E-state index in [2.05, 4.69) is 15.3 Å². The summed E-state index contributed by atoms with van der Waals surface area (Å²) >= 11 is 5.72. The Kier molecular flexibility index (Phi) is 5.81. The van der Waals surface area contributed by atoms with Crippen LogP contribution in [0.3, 0.4) is 0 Å². The van der Waals surface area contributed by atoms with Crippen molar-refractivity contribution in [1.82, 2.24) is 10.3 Å². The molecule has 0 aliphatic heterocycles. The number of hydrogen-bond acceptors (Lipinski definition) is 3. The van der Waals surface area contributed by atoms with Crippen molar-refractivity contribution in [3.05, 3.63) is 53.1 Å². The largest absolute Gasteiger partial charge is 0.493 e. The number of nitrogens with zero attached hydrogens (tertiary/aromatic N) is 2. The quantitative estimate of drug-likeness (QED) is 0.569. The van der Waals surface area contributed by atoms with E-state index in [1.54, 1.807) is 0 Å². The van der Waals surface area contributed by atoms with Gasteiger partial charge in [0.05, 0.1) is 0 Å². The van der Waals surface area contributed by atoms with Gasteiger partial charge in [0.15, 0.2) is 0 Å². The molecule has 0 aliphatic rings. The van der Waals surface area contributed by atoms with Gasteiger partial charge in [-0.3, -0.25) is 4.79 Å². The van der Waals surface area contributed by atoms with Crippen molar-refractivity contribution >= 4 is 29.3 Å². The molecule has 0 spiro atoms. The standard InChI is InChI=1S/C15H12ClF3N4O2/c16-10-6-4-9(5-7-10)13(25)23-14(20-8-15(17,18)19)22-11-2-1-3-12(24)21-11/h1-7H,8H2,(H3,20,21,22,23,24,25). The highest BCUT2D eigenvalue weighted by Gasteiger charge is 2.27. The summed E-state index contributed by atoms with van der Waals surface area (Å²) in [6.07, 6.45) is -4.52. The number of amides is 1. The van der Waals surface area contributed by atoms with Gasteiger partial charge in [-0.1, -0.05) is 17.7 Å². The number of aliphatic imine (C=N–C) groups is 1. The summed E-state index contributed by atoms with van der Waals surface area (Å²) < 4.78 is 37.3. The number of carbonyl (C=O) groups is 1. The van der Waals surface area contributed by atoms with Crippen molar-refractivity contribution in [1.29, 1.82) is 0 Å². The van der Waals surface area contributed by atoms with Gasteiger partial charge in [0.2, 0.25) is 11.8 Å². The van der Waals surface area contributed by atoms with Crippen molar-refractivity contribution < 1.29 is 23.1 Å². The first-order chi connectivity index (χ1) is 11.7. The molecule has 2 rings (SSSR count). The molecule has 1 amide bonds. The Balaban J connectivity index is 2.22. The molecule has 1 aromatic heterocycles. The monoisotopic (exact) mass is 372 g/mol. The SMILES string of the molecule is O=C(/N=C(\NCC(F)(F)F)Nc1cccc(O)n1)c1ccc(Cl)cc1. The van der Waals surface area contributed by atoms with Crippen LogP contribution in [0, 0.1) is 0 Å². The van der Waals surface area contributed by atoms with Crippen LogP contribution in [-0.2, 0) is 0 Å². The van der Waals surface area contributed by atoms with E-state index in [0.29, 0.717) is 5.02 Å². The van der Waals surface area contributed by atoms with E-state index in [-0.39, 0.29) is 17.3 Å². The lowest BCUT2D eigenvalue weighted by molar-refractivity contribution is -0.122. The molecule has 3 N–H and O–H groups in total. The fourth-order valence-electron chi connectivity index (χ4n) is 1.67. The highest BCUT2D eigenvalue weighted by molar-refractivity contribution is 6.30. The number of carbonyl (C=O) groups excluding carboxylic acids is 1. The lowest BCUT2D eigenvalue weighted by Crippen LogP contribution is -2.38. The highest BCUT2D eigenvalue weighted by atomic mass is 35.5. The third-order valence-corrected chi connectivity index (χ3v) is 2.99. The number of pyridine rings is 1. The van der Waals surface area contributed by atoms with Crippen LogP contribution in [-0.4, -0.2) is 34.7 Å². The third kappa shape index (κ3) is 6.30. The molecule has 1 aromatic carbocycles. The van der Waals surface area contributed by atoms with Gasteiger partial charge >= 0.3 is 6.18 Å². The Bertz CT molecular complexity index is 779. The topological polar surface area (TPSA) is 86.6 Å². The van der Waals surface area contributed by atoms with Crippen LogP contribution in [0.15, 0.2) is 47.5 Å². The van der Waals surface area contributed by atoms with Gasteiger partial charge in [-0.15, -0.1) is 0 Å². The predicted molar refractivity (Wildman–Crippen MR) is 86.8 cm³/mol. The summed E-state index contributed by atoms with van der Waals surface area (Å²) in [5.41, 5.74) is 0.140. The number of benzene rings is 1. The molecule has 0 atom stereocenters. The summed E-state index contributed by atoms with van der Waals surface area (Å²) in [5.74, 6) is -1.58. The maximum Gasteiger partial charge on any atom is 0.405 e. The maximum atomic E-state index is 12.4.